The van der Waals surface area contributed by atoms with E-state index in [2.05, 4.69) is 34.6 Å². The molecule has 0 aromatic rings. The average molecular weight is 419 g/mol. The lowest BCUT2D eigenvalue weighted by Crippen LogP contribution is -2.55. The Hall–Kier alpha value is -0.0800. The molecular weight excluding hydrogens is 368 g/mol. The molecule has 4 fully saturated rings. The second-order valence-electron chi connectivity index (χ2n) is 13.1. The monoisotopic (exact) mass is 418 g/mol. The van der Waals surface area contributed by atoms with Crippen molar-refractivity contribution < 1.29 is 10.2 Å². The molecule has 0 heterocycles. The maximum absolute atomic E-state index is 11.0. The molecule has 0 aromatic heterocycles. The van der Waals surface area contributed by atoms with E-state index >= 15 is 0 Å². The first-order valence-corrected chi connectivity index (χ1v) is 13.5. The van der Waals surface area contributed by atoms with Gasteiger partial charge in [-0.05, 0) is 130 Å². The van der Waals surface area contributed by atoms with E-state index in [9.17, 15) is 10.2 Å². The fourth-order valence-corrected chi connectivity index (χ4v) is 9.11. The lowest BCUT2D eigenvalue weighted by Gasteiger charge is -2.62. The summed E-state index contributed by atoms with van der Waals surface area (Å²) in [5.41, 5.74) is 0.535. The smallest absolute Gasteiger partial charge is 0.0648 e. The zero-order valence-electron chi connectivity index (χ0n) is 20.6. The third-order valence-corrected chi connectivity index (χ3v) is 11.3. The molecule has 4 aliphatic rings. The molecule has 174 valence electrons. The quantitative estimate of drug-likeness (QED) is 0.489. The Morgan fingerprint density at radius 2 is 1.60 bits per heavy atom. The van der Waals surface area contributed by atoms with Crippen LogP contribution in [0.1, 0.15) is 118 Å². The van der Waals surface area contributed by atoms with Crippen LogP contribution in [0.4, 0.5) is 0 Å². The molecule has 0 radical (unpaired) electrons. The Morgan fingerprint density at radius 1 is 0.867 bits per heavy atom. The molecule has 9 atom stereocenters. The summed E-state index contributed by atoms with van der Waals surface area (Å²) in [7, 11) is 0. The van der Waals surface area contributed by atoms with Crippen LogP contribution in [0.3, 0.4) is 0 Å². The second kappa shape index (κ2) is 8.36. The summed E-state index contributed by atoms with van der Waals surface area (Å²) in [6.45, 7) is 11.9. The molecular formula is C28H50O2. The molecule has 2 nitrogen and oxygen atoms in total. The Labute approximate surface area is 186 Å². The van der Waals surface area contributed by atoms with E-state index in [0.29, 0.717) is 16.7 Å². The summed E-state index contributed by atoms with van der Waals surface area (Å²) in [5, 5.41) is 21.7. The predicted molar refractivity (Wildman–Crippen MR) is 125 cm³/mol. The summed E-state index contributed by atoms with van der Waals surface area (Å²) >= 11 is 0. The first-order valence-electron chi connectivity index (χ1n) is 13.5. The highest BCUT2D eigenvalue weighted by atomic mass is 16.3. The van der Waals surface area contributed by atoms with E-state index in [-0.39, 0.29) is 11.7 Å². The van der Waals surface area contributed by atoms with E-state index in [1.807, 2.05) is 0 Å². The topological polar surface area (TPSA) is 40.5 Å². The Bertz CT molecular complexity index is 601. The van der Waals surface area contributed by atoms with Gasteiger partial charge in [-0.2, -0.15) is 0 Å². The minimum Gasteiger partial charge on any atom is -0.393 e. The fourth-order valence-electron chi connectivity index (χ4n) is 9.11. The van der Waals surface area contributed by atoms with Crippen molar-refractivity contribution in [2.24, 2.45) is 46.3 Å². The molecule has 0 aliphatic heterocycles. The van der Waals surface area contributed by atoms with E-state index in [1.54, 1.807) is 0 Å². The Morgan fingerprint density at radius 3 is 2.30 bits per heavy atom. The lowest BCUT2D eigenvalue weighted by atomic mass is 9.43. The summed E-state index contributed by atoms with van der Waals surface area (Å²) in [5.74, 6) is 4.81. The van der Waals surface area contributed by atoms with Crippen LogP contribution in [-0.2, 0) is 0 Å². The van der Waals surface area contributed by atoms with Crippen molar-refractivity contribution in [1.29, 1.82) is 0 Å². The number of hydrogen-bond donors (Lipinski definition) is 2. The van der Waals surface area contributed by atoms with E-state index in [4.69, 9.17) is 0 Å². The van der Waals surface area contributed by atoms with Gasteiger partial charge in [0.2, 0.25) is 0 Å². The van der Waals surface area contributed by atoms with Gasteiger partial charge in [-0.3, -0.25) is 0 Å². The normalized spacial score (nSPS) is 49.4. The summed E-state index contributed by atoms with van der Waals surface area (Å²) < 4.78 is 0. The van der Waals surface area contributed by atoms with Crippen molar-refractivity contribution in [3.05, 3.63) is 0 Å². The van der Waals surface area contributed by atoms with E-state index in [0.717, 1.165) is 68.1 Å². The Kier molecular flexibility index (Phi) is 6.44. The van der Waals surface area contributed by atoms with Crippen molar-refractivity contribution in [3.63, 3.8) is 0 Å². The third kappa shape index (κ3) is 3.91. The van der Waals surface area contributed by atoms with Crippen LogP contribution < -0.4 is 0 Å². The molecule has 4 rings (SSSR count). The maximum atomic E-state index is 11.0. The van der Waals surface area contributed by atoms with Gasteiger partial charge in [0.05, 0.1) is 11.7 Å². The number of hydrogen-bond acceptors (Lipinski definition) is 2. The molecule has 4 saturated carbocycles. The van der Waals surface area contributed by atoms with Gasteiger partial charge in [0.15, 0.2) is 0 Å². The van der Waals surface area contributed by atoms with Crippen LogP contribution in [0.5, 0.6) is 0 Å². The highest BCUT2D eigenvalue weighted by molar-refractivity contribution is 5.10. The van der Waals surface area contributed by atoms with Crippen LogP contribution >= 0.6 is 0 Å². The van der Waals surface area contributed by atoms with Crippen molar-refractivity contribution in [1.82, 2.24) is 0 Å². The zero-order valence-corrected chi connectivity index (χ0v) is 20.6. The third-order valence-electron chi connectivity index (χ3n) is 11.3. The molecule has 4 aliphatic carbocycles. The van der Waals surface area contributed by atoms with Gasteiger partial charge < -0.3 is 10.2 Å². The first kappa shape index (κ1) is 23.1. The van der Waals surface area contributed by atoms with Crippen molar-refractivity contribution in [3.8, 4) is 0 Å². The molecule has 0 amide bonds. The number of fused-ring (bicyclic) bond motifs is 5. The highest BCUT2D eigenvalue weighted by Crippen LogP contribution is 2.68. The number of aliphatic hydroxyl groups is 2. The molecule has 30 heavy (non-hydrogen) atoms. The van der Waals surface area contributed by atoms with E-state index in [1.165, 1.54) is 44.9 Å². The molecule has 2 heteroatoms. The zero-order chi connectivity index (χ0) is 21.7. The van der Waals surface area contributed by atoms with Crippen molar-refractivity contribution >= 4 is 0 Å². The molecule has 2 N–H and O–H groups in total. The summed E-state index contributed by atoms with van der Waals surface area (Å²) in [6.07, 6.45) is 15.6. The number of rotatable bonds is 6. The minimum atomic E-state index is -0.384. The molecule has 0 saturated heterocycles. The fraction of sp³-hybridized carbons (Fsp3) is 1.00. The van der Waals surface area contributed by atoms with Gasteiger partial charge in [-0.15, -0.1) is 0 Å². The second-order valence-corrected chi connectivity index (χ2v) is 13.1. The molecule has 0 bridgehead atoms. The van der Waals surface area contributed by atoms with E-state index < -0.39 is 0 Å². The minimum absolute atomic E-state index is 0.0935. The highest BCUT2D eigenvalue weighted by Gasteiger charge is 2.61. The number of aliphatic hydroxyl groups excluding tert-OH is 1. The predicted octanol–water partition coefficient (Wildman–Crippen LogP) is 6.97. The van der Waals surface area contributed by atoms with Gasteiger partial charge in [0, 0.05) is 0 Å². The van der Waals surface area contributed by atoms with Crippen LogP contribution in [0.2, 0.25) is 0 Å². The lowest BCUT2D eigenvalue weighted by molar-refractivity contribution is -0.152. The van der Waals surface area contributed by atoms with Crippen molar-refractivity contribution in [2.45, 2.75) is 130 Å². The van der Waals surface area contributed by atoms with Crippen LogP contribution in [0, 0.1) is 46.3 Å². The largest absolute Gasteiger partial charge is 0.393 e. The van der Waals surface area contributed by atoms with Crippen LogP contribution in [0.15, 0.2) is 0 Å². The summed E-state index contributed by atoms with van der Waals surface area (Å²) in [4.78, 5) is 0. The van der Waals surface area contributed by atoms with Gasteiger partial charge in [-0.1, -0.05) is 34.6 Å². The van der Waals surface area contributed by atoms with Gasteiger partial charge in [0.1, 0.15) is 0 Å². The van der Waals surface area contributed by atoms with Gasteiger partial charge in [-0.25, -0.2) is 0 Å². The van der Waals surface area contributed by atoms with Crippen molar-refractivity contribution in [2.75, 3.05) is 0 Å². The first-order chi connectivity index (χ1) is 14.1. The standard InChI is InChI=1S/C28H50O2/c1-6-28(30)16-15-27(5)21(18-28)8-11-23-24-12-9-20(17-22(29)10-7-19(2)3)26(24,4)14-13-25(23)27/h19-25,29-30H,6-18H2,1-5H3/t20?,21?,22?,23?,24?,25?,26?,27?,28-/m0/s1. The molecule has 0 aromatic carbocycles. The van der Waals surface area contributed by atoms with Crippen LogP contribution in [-0.4, -0.2) is 21.9 Å². The maximum Gasteiger partial charge on any atom is 0.0648 e. The SMILES string of the molecule is CC[C@]1(O)CCC2(C)C(CCC3C4CCC(CC(O)CCC(C)C)C4(C)CCC32)C1. The summed E-state index contributed by atoms with van der Waals surface area (Å²) in [6, 6.07) is 0. The average Bonchev–Trinajstić information content (AvgIpc) is 3.03. The molecule has 8 unspecified atom stereocenters. The van der Waals surface area contributed by atoms with Crippen LogP contribution in [0.25, 0.3) is 0 Å². The molecule has 0 spiro atoms. The van der Waals surface area contributed by atoms with Gasteiger partial charge in [0.25, 0.3) is 0 Å². The Balaban J connectivity index is 1.45. The van der Waals surface area contributed by atoms with Gasteiger partial charge >= 0.3 is 0 Å².